The smallest absolute Gasteiger partial charge is 0.264 e. The van der Waals surface area contributed by atoms with Gasteiger partial charge in [-0.3, -0.25) is 13.9 Å². The van der Waals surface area contributed by atoms with Crippen molar-refractivity contribution in [3.8, 4) is 11.5 Å². The van der Waals surface area contributed by atoms with E-state index in [2.05, 4.69) is 5.32 Å². The highest BCUT2D eigenvalue weighted by molar-refractivity contribution is 7.92. The molecule has 10 heteroatoms. The van der Waals surface area contributed by atoms with Crippen LogP contribution in [0.3, 0.4) is 0 Å². The summed E-state index contributed by atoms with van der Waals surface area (Å²) in [6.45, 7) is 3.94. The third-order valence-electron chi connectivity index (χ3n) is 6.75. The molecule has 0 fully saturated rings. The summed E-state index contributed by atoms with van der Waals surface area (Å²) < 4.78 is 39.6. The van der Waals surface area contributed by atoms with Gasteiger partial charge in [-0.15, -0.1) is 0 Å². The Labute approximate surface area is 243 Å². The summed E-state index contributed by atoms with van der Waals surface area (Å²) in [5, 5.41) is 2.89. The minimum Gasteiger partial charge on any atom is -0.493 e. The third kappa shape index (κ3) is 8.23. The van der Waals surface area contributed by atoms with Crippen molar-refractivity contribution in [1.29, 1.82) is 0 Å². The Morgan fingerprint density at radius 2 is 1.54 bits per heavy atom. The average molecular weight is 582 g/mol. The number of nitrogens with zero attached hydrogens (tertiary/aromatic N) is 2. The molecule has 3 aromatic carbocycles. The number of methoxy groups -OCH3 is 2. The van der Waals surface area contributed by atoms with Crippen LogP contribution in [0.15, 0.2) is 83.8 Å². The van der Waals surface area contributed by atoms with E-state index in [0.29, 0.717) is 24.4 Å². The molecule has 3 aromatic rings. The number of hydrogen-bond donors (Lipinski definition) is 1. The first-order valence-electron chi connectivity index (χ1n) is 13.6. The first-order chi connectivity index (χ1) is 19.7. The lowest BCUT2D eigenvalue weighted by Crippen LogP contribution is -2.52. The number of anilines is 1. The summed E-state index contributed by atoms with van der Waals surface area (Å²) >= 11 is 0. The minimum absolute atomic E-state index is 0.0620. The van der Waals surface area contributed by atoms with Crippen LogP contribution in [-0.4, -0.2) is 65.0 Å². The molecule has 0 spiro atoms. The molecule has 0 unspecified atom stereocenters. The number of carbonyl (C=O) groups excluding carboxylic acids is 2. The van der Waals surface area contributed by atoms with Crippen molar-refractivity contribution < 1.29 is 27.5 Å². The molecule has 220 valence electrons. The molecule has 0 aliphatic carbocycles. The van der Waals surface area contributed by atoms with Crippen LogP contribution in [0, 0.1) is 0 Å². The van der Waals surface area contributed by atoms with Crippen LogP contribution in [0.2, 0.25) is 0 Å². The van der Waals surface area contributed by atoms with Crippen molar-refractivity contribution in [1.82, 2.24) is 10.2 Å². The summed E-state index contributed by atoms with van der Waals surface area (Å²) in [6.07, 6.45) is 2.25. The number of amides is 2. The number of carbonyl (C=O) groups is 2. The maximum absolute atomic E-state index is 14.0. The molecule has 0 saturated heterocycles. The largest absolute Gasteiger partial charge is 0.493 e. The van der Waals surface area contributed by atoms with E-state index in [0.717, 1.165) is 22.7 Å². The quantitative estimate of drug-likeness (QED) is 0.269. The second-order valence-corrected chi connectivity index (χ2v) is 11.4. The zero-order valence-corrected chi connectivity index (χ0v) is 24.9. The molecule has 3 rings (SSSR count). The van der Waals surface area contributed by atoms with Crippen molar-refractivity contribution >= 4 is 27.5 Å². The van der Waals surface area contributed by atoms with Crippen LogP contribution < -0.4 is 19.1 Å². The Bertz CT molecular complexity index is 1380. The topological polar surface area (TPSA) is 105 Å². The molecule has 0 bridgehead atoms. The van der Waals surface area contributed by atoms with Crippen LogP contribution in [0.5, 0.6) is 11.5 Å². The molecule has 9 nitrogen and oxygen atoms in total. The lowest BCUT2D eigenvalue weighted by molar-refractivity contribution is -0.138. The molecule has 41 heavy (non-hydrogen) atoms. The highest BCUT2D eigenvalue weighted by Crippen LogP contribution is 2.32. The maximum atomic E-state index is 14.0. The van der Waals surface area contributed by atoms with Gasteiger partial charge in [0, 0.05) is 19.2 Å². The van der Waals surface area contributed by atoms with Crippen LogP contribution in [-0.2, 0) is 26.0 Å². The van der Waals surface area contributed by atoms with Gasteiger partial charge in [0.05, 0.1) is 24.8 Å². The number of benzene rings is 3. The Morgan fingerprint density at radius 3 is 2.15 bits per heavy atom. The molecule has 1 N–H and O–H groups in total. The number of sulfonamides is 1. The van der Waals surface area contributed by atoms with Gasteiger partial charge in [0.1, 0.15) is 12.6 Å². The second-order valence-electron chi connectivity index (χ2n) is 9.51. The molecule has 0 aromatic heterocycles. The van der Waals surface area contributed by atoms with Crippen molar-refractivity contribution in [3.63, 3.8) is 0 Å². The Balaban J connectivity index is 1.96. The number of ether oxygens (including phenoxy) is 2. The summed E-state index contributed by atoms with van der Waals surface area (Å²) in [5.74, 6) is -0.153. The predicted molar refractivity (Wildman–Crippen MR) is 160 cm³/mol. The Morgan fingerprint density at radius 1 is 0.902 bits per heavy atom. The highest BCUT2D eigenvalue weighted by atomic mass is 32.2. The van der Waals surface area contributed by atoms with Crippen LogP contribution in [0.4, 0.5) is 5.69 Å². The average Bonchev–Trinajstić information content (AvgIpc) is 3.00. The summed E-state index contributed by atoms with van der Waals surface area (Å²) in [5.41, 5.74) is 1.32. The van der Waals surface area contributed by atoms with Gasteiger partial charge in [-0.2, -0.15) is 0 Å². The first kappa shape index (κ1) is 31.5. The first-order valence-corrected chi connectivity index (χ1v) is 15.1. The number of nitrogens with one attached hydrogen (secondary N) is 1. The van der Waals surface area contributed by atoms with Gasteiger partial charge in [0.25, 0.3) is 10.0 Å². The number of rotatable bonds is 15. The van der Waals surface area contributed by atoms with Crippen LogP contribution in [0.1, 0.15) is 32.3 Å². The van der Waals surface area contributed by atoms with Gasteiger partial charge >= 0.3 is 0 Å². The van der Waals surface area contributed by atoms with Gasteiger partial charge in [-0.05, 0) is 49.6 Å². The molecule has 2 amide bonds. The fourth-order valence-corrected chi connectivity index (χ4v) is 5.76. The monoisotopic (exact) mass is 581 g/mol. The predicted octanol–water partition coefficient (Wildman–Crippen LogP) is 4.28. The lowest BCUT2D eigenvalue weighted by Gasteiger charge is -2.32. The van der Waals surface area contributed by atoms with E-state index < -0.39 is 28.5 Å². The molecule has 0 heterocycles. The number of unbranched alkanes of at least 4 members (excludes halogenated alkanes) is 1. The van der Waals surface area contributed by atoms with Crippen molar-refractivity contribution in [2.24, 2.45) is 0 Å². The van der Waals surface area contributed by atoms with Crippen molar-refractivity contribution in [2.75, 3.05) is 38.2 Å². The van der Waals surface area contributed by atoms with Crippen molar-refractivity contribution in [2.45, 2.75) is 44.0 Å². The molecule has 0 saturated carbocycles. The van der Waals surface area contributed by atoms with E-state index in [9.17, 15) is 18.0 Å². The number of para-hydroxylation sites is 1. The molecule has 0 radical (unpaired) electrons. The highest BCUT2D eigenvalue weighted by Gasteiger charge is 2.32. The normalized spacial score (nSPS) is 11.8. The molecule has 0 aliphatic rings. The molecular formula is C31H39N3O6S. The number of hydrogen-bond acceptors (Lipinski definition) is 6. The standard InChI is InChI=1S/C31H39N3O6S/c1-5-6-20-32-31(36)24(2)33(21-19-25-13-9-7-10-14-25)30(35)23-34(26-15-11-8-12-16-26)41(37,38)27-17-18-28(39-3)29(22-27)40-4/h7-18,22,24H,5-6,19-21,23H2,1-4H3,(H,32,36)/t24-/m1/s1. The van der Waals surface area contributed by atoms with Gasteiger partial charge in [0.2, 0.25) is 11.8 Å². The summed E-state index contributed by atoms with van der Waals surface area (Å²) in [4.78, 5) is 28.3. The zero-order valence-electron chi connectivity index (χ0n) is 24.1. The summed E-state index contributed by atoms with van der Waals surface area (Å²) in [7, 11) is -1.34. The van der Waals surface area contributed by atoms with Crippen LogP contribution >= 0.6 is 0 Å². The maximum Gasteiger partial charge on any atom is 0.264 e. The fourth-order valence-electron chi connectivity index (χ4n) is 4.33. The zero-order chi connectivity index (χ0) is 29.8. The van der Waals surface area contributed by atoms with Crippen molar-refractivity contribution in [3.05, 3.63) is 84.4 Å². The van der Waals surface area contributed by atoms with Gasteiger partial charge in [-0.25, -0.2) is 8.42 Å². The van der Waals surface area contributed by atoms with Gasteiger partial charge in [0.15, 0.2) is 11.5 Å². The fraction of sp³-hybridized carbons (Fsp3) is 0.355. The van der Waals surface area contributed by atoms with Gasteiger partial charge in [-0.1, -0.05) is 61.9 Å². The van der Waals surface area contributed by atoms with E-state index in [1.165, 1.54) is 37.3 Å². The molecular weight excluding hydrogens is 542 g/mol. The minimum atomic E-state index is -4.22. The van der Waals surface area contributed by atoms with E-state index >= 15 is 0 Å². The second kappa shape index (κ2) is 15.1. The molecule has 0 aliphatic heterocycles. The van der Waals surface area contributed by atoms with Crippen LogP contribution in [0.25, 0.3) is 0 Å². The lowest BCUT2D eigenvalue weighted by atomic mass is 10.1. The Kier molecular flexibility index (Phi) is 11.6. The Hall–Kier alpha value is -4.05. The van der Waals surface area contributed by atoms with Gasteiger partial charge < -0.3 is 19.7 Å². The van der Waals surface area contributed by atoms with E-state index in [1.54, 1.807) is 37.3 Å². The molecule has 1 atom stereocenters. The van der Waals surface area contributed by atoms with E-state index in [1.807, 2.05) is 37.3 Å². The third-order valence-corrected chi connectivity index (χ3v) is 8.52. The van der Waals surface area contributed by atoms with E-state index in [4.69, 9.17) is 9.47 Å². The summed E-state index contributed by atoms with van der Waals surface area (Å²) in [6, 6.07) is 21.5. The SMILES string of the molecule is CCCCNC(=O)[C@@H](C)N(CCc1ccccc1)C(=O)CN(c1ccccc1)S(=O)(=O)c1ccc(OC)c(OC)c1. The van der Waals surface area contributed by atoms with E-state index in [-0.39, 0.29) is 23.1 Å².